The zero-order valence-electron chi connectivity index (χ0n) is 21.8. The van der Waals surface area contributed by atoms with Crippen molar-refractivity contribution in [1.82, 2.24) is 4.90 Å². The number of hydrogen-bond donors (Lipinski definition) is 1. The minimum Gasteiger partial charge on any atom is -0.497 e. The first kappa shape index (κ1) is 26.5. The van der Waals surface area contributed by atoms with Crippen LogP contribution in [0.4, 0.5) is 4.39 Å². The van der Waals surface area contributed by atoms with Crippen LogP contribution in [0.25, 0.3) is 11.1 Å². The van der Waals surface area contributed by atoms with Crippen molar-refractivity contribution in [3.63, 3.8) is 0 Å². The van der Waals surface area contributed by atoms with E-state index in [4.69, 9.17) is 19.9 Å². The zero-order valence-corrected chi connectivity index (χ0v) is 21.8. The normalized spacial score (nSPS) is 14.4. The molecule has 0 radical (unpaired) electrons. The Kier molecular flexibility index (Phi) is 8.66. The number of nitrogens with two attached hydrogens (primary N) is 1. The van der Waals surface area contributed by atoms with Gasteiger partial charge in [0.25, 0.3) is 0 Å². The summed E-state index contributed by atoms with van der Waals surface area (Å²) in [6.07, 6.45) is 1.85. The highest BCUT2D eigenvalue weighted by atomic mass is 19.1. The van der Waals surface area contributed by atoms with Crippen LogP contribution >= 0.6 is 0 Å². The lowest BCUT2D eigenvalue weighted by Gasteiger charge is -2.33. The van der Waals surface area contributed by atoms with Crippen LogP contribution in [-0.2, 0) is 6.54 Å². The van der Waals surface area contributed by atoms with Gasteiger partial charge in [-0.1, -0.05) is 18.2 Å². The van der Waals surface area contributed by atoms with E-state index in [2.05, 4.69) is 17.0 Å². The molecule has 1 fully saturated rings. The topological polar surface area (TPSA) is 74.0 Å². The molecule has 1 amide bonds. The molecule has 3 aromatic carbocycles. The Balaban J connectivity index is 1.53. The fraction of sp³-hybridized carbons (Fsp3) is 0.367. The maximum absolute atomic E-state index is 13.6. The van der Waals surface area contributed by atoms with E-state index in [0.717, 1.165) is 66.2 Å². The van der Waals surface area contributed by atoms with Crippen molar-refractivity contribution in [2.45, 2.75) is 39.2 Å². The molecule has 37 heavy (non-hydrogen) atoms. The van der Waals surface area contributed by atoms with Crippen LogP contribution in [0, 0.1) is 5.82 Å². The number of carbonyl (C=O) groups excluding carboxylic acids is 1. The number of nitrogens with zero attached hydrogens (tertiary/aromatic N) is 1. The maximum Gasteiger partial charge on any atom is 0.249 e. The van der Waals surface area contributed by atoms with Crippen LogP contribution in [0.1, 0.15) is 54.1 Å². The molecule has 0 spiro atoms. The summed E-state index contributed by atoms with van der Waals surface area (Å²) in [7, 11) is 1.58. The van der Waals surface area contributed by atoms with Crippen molar-refractivity contribution in [2.24, 2.45) is 5.73 Å². The van der Waals surface area contributed by atoms with Gasteiger partial charge in [-0.2, -0.15) is 0 Å². The van der Waals surface area contributed by atoms with Crippen molar-refractivity contribution < 1.29 is 23.4 Å². The molecule has 1 aliphatic heterocycles. The van der Waals surface area contributed by atoms with Crippen LogP contribution in [0.2, 0.25) is 0 Å². The summed E-state index contributed by atoms with van der Waals surface area (Å²) in [4.78, 5) is 14.5. The van der Waals surface area contributed by atoms with Gasteiger partial charge in [-0.3, -0.25) is 9.69 Å². The fourth-order valence-corrected chi connectivity index (χ4v) is 5.07. The summed E-state index contributed by atoms with van der Waals surface area (Å²) in [6.45, 7) is 7.46. The van der Waals surface area contributed by atoms with Gasteiger partial charge in [0.1, 0.15) is 23.1 Å². The first-order chi connectivity index (χ1) is 17.9. The van der Waals surface area contributed by atoms with Crippen molar-refractivity contribution in [1.29, 1.82) is 0 Å². The Labute approximate surface area is 218 Å². The average molecular weight is 507 g/mol. The number of carbonyl (C=O) groups is 1. The van der Waals surface area contributed by atoms with E-state index in [9.17, 15) is 9.18 Å². The minimum atomic E-state index is -0.426. The molecule has 0 bridgehead atoms. The largest absolute Gasteiger partial charge is 0.497 e. The van der Waals surface area contributed by atoms with Crippen molar-refractivity contribution >= 4 is 5.91 Å². The number of likely N-dealkylation sites (tertiary alicyclic amines) is 1. The lowest BCUT2D eigenvalue weighted by atomic mass is 9.86. The number of methoxy groups -OCH3 is 1. The number of amides is 1. The molecule has 6 nitrogen and oxygen atoms in total. The molecular weight excluding hydrogens is 471 g/mol. The molecule has 3 aromatic rings. The van der Waals surface area contributed by atoms with Gasteiger partial charge >= 0.3 is 0 Å². The third-order valence-electron chi connectivity index (χ3n) is 6.82. The second-order valence-electron chi connectivity index (χ2n) is 9.21. The lowest BCUT2D eigenvalue weighted by molar-refractivity contribution is 0.0997. The molecule has 0 aromatic heterocycles. The smallest absolute Gasteiger partial charge is 0.249 e. The second-order valence-corrected chi connectivity index (χ2v) is 9.21. The summed E-state index contributed by atoms with van der Waals surface area (Å²) >= 11 is 0. The molecule has 7 heteroatoms. The number of ether oxygens (including phenoxy) is 3. The molecule has 0 aliphatic carbocycles. The number of benzene rings is 3. The van der Waals surface area contributed by atoms with E-state index in [1.165, 1.54) is 12.1 Å². The minimum absolute atomic E-state index is 0.267. The van der Waals surface area contributed by atoms with Gasteiger partial charge in [-0.05, 0) is 98.8 Å². The summed E-state index contributed by atoms with van der Waals surface area (Å²) in [5, 5.41) is 0. The Morgan fingerprint density at radius 1 is 0.973 bits per heavy atom. The average Bonchev–Trinajstić information content (AvgIpc) is 2.90. The molecule has 0 atom stereocenters. The van der Waals surface area contributed by atoms with Gasteiger partial charge in [-0.25, -0.2) is 4.39 Å². The van der Waals surface area contributed by atoms with E-state index < -0.39 is 5.91 Å². The number of hydrogen-bond acceptors (Lipinski definition) is 5. The number of rotatable bonds is 10. The third-order valence-corrected chi connectivity index (χ3v) is 6.82. The Bertz CT molecular complexity index is 1190. The number of piperidine rings is 1. The van der Waals surface area contributed by atoms with Crippen LogP contribution in [0.5, 0.6) is 17.2 Å². The first-order valence-corrected chi connectivity index (χ1v) is 12.8. The first-order valence-electron chi connectivity index (χ1n) is 12.8. The highest BCUT2D eigenvalue weighted by Crippen LogP contribution is 2.41. The molecule has 1 aliphatic rings. The predicted octanol–water partition coefficient (Wildman–Crippen LogP) is 5.78. The van der Waals surface area contributed by atoms with E-state index >= 15 is 0 Å². The quantitative estimate of drug-likeness (QED) is 0.378. The Morgan fingerprint density at radius 3 is 2.14 bits per heavy atom. The standard InChI is InChI=1S/C30H35FN2O4/c1-4-36-27-16-20(17-28(37-5-2)29(27)22-6-8-23(31)9-7-22)19-33-14-12-21(13-15-33)25-11-10-24(35-3)18-26(25)30(32)34/h6-11,16-18,21H,4-5,12-15,19H2,1-3H3,(H2,32,34). The number of primary amides is 1. The Morgan fingerprint density at radius 2 is 1.59 bits per heavy atom. The molecule has 0 saturated carbocycles. The van der Waals surface area contributed by atoms with Crippen LogP contribution in [0.3, 0.4) is 0 Å². The number of halogens is 1. The van der Waals surface area contributed by atoms with Gasteiger partial charge < -0.3 is 19.9 Å². The monoisotopic (exact) mass is 506 g/mol. The maximum atomic E-state index is 13.6. The SMILES string of the molecule is CCOc1cc(CN2CCC(c3ccc(OC)cc3C(N)=O)CC2)cc(OCC)c1-c1ccc(F)cc1. The molecule has 196 valence electrons. The van der Waals surface area contributed by atoms with E-state index in [1.54, 1.807) is 25.3 Å². The molecule has 1 heterocycles. The van der Waals surface area contributed by atoms with Crippen LogP contribution in [0.15, 0.2) is 54.6 Å². The highest BCUT2D eigenvalue weighted by Gasteiger charge is 2.25. The van der Waals surface area contributed by atoms with Gasteiger partial charge in [0, 0.05) is 12.1 Å². The van der Waals surface area contributed by atoms with E-state index in [1.807, 2.05) is 26.0 Å². The van der Waals surface area contributed by atoms with Crippen molar-refractivity contribution in [3.8, 4) is 28.4 Å². The van der Waals surface area contributed by atoms with Gasteiger partial charge in [-0.15, -0.1) is 0 Å². The highest BCUT2D eigenvalue weighted by molar-refractivity contribution is 5.95. The van der Waals surface area contributed by atoms with Crippen LogP contribution < -0.4 is 19.9 Å². The van der Waals surface area contributed by atoms with Crippen LogP contribution in [-0.4, -0.2) is 44.2 Å². The van der Waals surface area contributed by atoms with Crippen molar-refractivity contribution in [3.05, 3.63) is 77.1 Å². The lowest BCUT2D eigenvalue weighted by Crippen LogP contribution is -2.33. The fourth-order valence-electron chi connectivity index (χ4n) is 5.07. The van der Waals surface area contributed by atoms with E-state index in [-0.39, 0.29) is 11.7 Å². The molecular formula is C30H35FN2O4. The van der Waals surface area contributed by atoms with Crippen molar-refractivity contribution in [2.75, 3.05) is 33.4 Å². The molecule has 0 unspecified atom stereocenters. The summed E-state index contributed by atoms with van der Waals surface area (Å²) in [6, 6.07) is 16.1. The second kappa shape index (κ2) is 12.1. The summed E-state index contributed by atoms with van der Waals surface area (Å²) < 4.78 is 30.9. The van der Waals surface area contributed by atoms with Gasteiger partial charge in [0.15, 0.2) is 0 Å². The molecule has 1 saturated heterocycles. The zero-order chi connectivity index (χ0) is 26.4. The third kappa shape index (κ3) is 6.23. The predicted molar refractivity (Wildman–Crippen MR) is 143 cm³/mol. The molecule has 2 N–H and O–H groups in total. The van der Waals surface area contributed by atoms with E-state index in [0.29, 0.717) is 24.5 Å². The van der Waals surface area contributed by atoms with Gasteiger partial charge in [0.2, 0.25) is 5.91 Å². The summed E-state index contributed by atoms with van der Waals surface area (Å²) in [5.41, 5.74) is 9.99. The molecule has 4 rings (SSSR count). The van der Waals surface area contributed by atoms with Gasteiger partial charge in [0.05, 0.1) is 25.9 Å². The Hall–Kier alpha value is -3.58. The summed E-state index contributed by atoms with van der Waals surface area (Å²) in [5.74, 6) is 1.66.